The van der Waals surface area contributed by atoms with Gasteiger partial charge in [0, 0.05) is 23.8 Å². The zero-order valence-electron chi connectivity index (χ0n) is 14.6. The molecule has 0 aliphatic heterocycles. The Balaban J connectivity index is 1.90. The van der Waals surface area contributed by atoms with Crippen molar-refractivity contribution in [3.8, 4) is 18.1 Å². The summed E-state index contributed by atoms with van der Waals surface area (Å²) >= 11 is 0. The molecule has 1 amide bonds. The highest BCUT2D eigenvalue weighted by Gasteiger charge is 2.18. The van der Waals surface area contributed by atoms with Crippen LogP contribution in [-0.2, 0) is 0 Å². The maximum Gasteiger partial charge on any atom is 0.260 e. The Morgan fingerprint density at radius 1 is 1.20 bits per heavy atom. The van der Waals surface area contributed by atoms with Crippen LogP contribution in [0.4, 0.5) is 5.69 Å². The smallest absolute Gasteiger partial charge is 0.260 e. The van der Waals surface area contributed by atoms with Gasteiger partial charge in [-0.3, -0.25) is 4.79 Å². The van der Waals surface area contributed by atoms with Gasteiger partial charge in [0.25, 0.3) is 5.91 Å². The van der Waals surface area contributed by atoms with Crippen LogP contribution in [0.2, 0.25) is 0 Å². The Bertz CT molecular complexity index is 962. The van der Waals surface area contributed by atoms with Crippen molar-refractivity contribution >= 4 is 22.5 Å². The van der Waals surface area contributed by atoms with Crippen LogP contribution in [0, 0.1) is 26.2 Å². The normalized spacial score (nSPS) is 10.5. The van der Waals surface area contributed by atoms with Gasteiger partial charge in [-0.15, -0.1) is 6.42 Å². The molecule has 1 aromatic heterocycles. The lowest BCUT2D eigenvalue weighted by molar-refractivity contribution is 0.0994. The van der Waals surface area contributed by atoms with E-state index >= 15 is 0 Å². The number of carbonyl (C=O) groups is 1. The number of H-pyrrole nitrogens is 1. The Morgan fingerprint density at radius 3 is 2.60 bits per heavy atom. The van der Waals surface area contributed by atoms with Crippen LogP contribution in [0.5, 0.6) is 5.75 Å². The minimum Gasteiger partial charge on any atom is -0.481 e. The topological polar surface area (TPSA) is 45.3 Å². The van der Waals surface area contributed by atoms with E-state index in [1.807, 2.05) is 37.3 Å². The second-order valence-electron chi connectivity index (χ2n) is 5.95. The monoisotopic (exact) mass is 332 g/mol. The van der Waals surface area contributed by atoms with Crippen LogP contribution < -0.4 is 9.64 Å². The van der Waals surface area contributed by atoms with Crippen LogP contribution >= 0.6 is 0 Å². The highest BCUT2D eigenvalue weighted by Crippen LogP contribution is 2.26. The molecular formula is C21H20N2O2. The molecule has 0 fully saturated rings. The molecule has 4 heteroatoms. The predicted molar refractivity (Wildman–Crippen MR) is 101 cm³/mol. The van der Waals surface area contributed by atoms with Gasteiger partial charge in [-0.05, 0) is 49.7 Å². The quantitative estimate of drug-likeness (QED) is 0.732. The number of aromatic nitrogens is 1. The first-order valence-corrected chi connectivity index (χ1v) is 8.05. The van der Waals surface area contributed by atoms with Crippen molar-refractivity contribution in [3.63, 3.8) is 0 Å². The molecule has 126 valence electrons. The molecule has 0 aliphatic carbocycles. The maximum absolute atomic E-state index is 13.0. The summed E-state index contributed by atoms with van der Waals surface area (Å²) in [4.78, 5) is 17.9. The summed E-state index contributed by atoms with van der Waals surface area (Å²) in [5.74, 6) is 3.04. The van der Waals surface area contributed by atoms with E-state index in [2.05, 4.69) is 17.8 Å². The number of carbonyl (C=O) groups excluding carboxylic acids is 1. The number of terminal acetylenes is 1. The van der Waals surface area contributed by atoms with Crippen molar-refractivity contribution in [2.45, 2.75) is 13.8 Å². The number of nitrogens with one attached hydrogen (secondary N) is 1. The molecule has 0 unspecified atom stereocenters. The molecule has 1 heterocycles. The second-order valence-corrected chi connectivity index (χ2v) is 5.95. The van der Waals surface area contributed by atoms with Gasteiger partial charge >= 0.3 is 0 Å². The number of aryl methyl sites for hydroxylation is 2. The summed E-state index contributed by atoms with van der Waals surface area (Å²) < 4.78 is 5.36. The third-order valence-corrected chi connectivity index (χ3v) is 4.42. The van der Waals surface area contributed by atoms with Gasteiger partial charge in [-0.2, -0.15) is 0 Å². The van der Waals surface area contributed by atoms with E-state index < -0.39 is 0 Å². The summed E-state index contributed by atoms with van der Waals surface area (Å²) in [6, 6.07) is 13.1. The minimum atomic E-state index is -0.0656. The third kappa shape index (κ3) is 3.09. The fraction of sp³-hybridized carbons (Fsp3) is 0.190. The molecule has 0 aliphatic rings. The molecule has 0 spiro atoms. The van der Waals surface area contributed by atoms with Crippen LogP contribution in [0.3, 0.4) is 0 Å². The van der Waals surface area contributed by atoms with Crippen LogP contribution in [-0.4, -0.2) is 24.5 Å². The minimum absolute atomic E-state index is 0.0656. The number of aromatic amines is 1. The molecule has 0 atom stereocenters. The fourth-order valence-corrected chi connectivity index (χ4v) is 2.85. The fourth-order valence-electron chi connectivity index (χ4n) is 2.85. The first-order valence-electron chi connectivity index (χ1n) is 8.05. The van der Waals surface area contributed by atoms with E-state index in [0.717, 1.165) is 22.3 Å². The number of fused-ring (bicyclic) bond motifs is 1. The van der Waals surface area contributed by atoms with Crippen molar-refractivity contribution in [1.82, 2.24) is 4.98 Å². The highest BCUT2D eigenvalue weighted by atomic mass is 16.5. The first kappa shape index (κ1) is 16.7. The highest BCUT2D eigenvalue weighted by molar-refractivity contribution is 6.13. The Labute approximate surface area is 147 Å². The van der Waals surface area contributed by atoms with E-state index in [1.165, 1.54) is 5.56 Å². The number of hydrogen-bond acceptors (Lipinski definition) is 2. The summed E-state index contributed by atoms with van der Waals surface area (Å²) in [6.45, 7) is 4.30. The Morgan fingerprint density at radius 2 is 1.92 bits per heavy atom. The summed E-state index contributed by atoms with van der Waals surface area (Å²) in [7, 11) is 1.77. The van der Waals surface area contributed by atoms with Crippen molar-refractivity contribution in [1.29, 1.82) is 0 Å². The number of benzene rings is 2. The number of ether oxygens (including phenoxy) is 1. The molecule has 4 nitrogen and oxygen atoms in total. The number of para-hydroxylation sites is 1. The van der Waals surface area contributed by atoms with E-state index in [1.54, 1.807) is 24.1 Å². The average molecular weight is 332 g/mol. The van der Waals surface area contributed by atoms with Crippen molar-refractivity contribution in [2.75, 3.05) is 18.6 Å². The maximum atomic E-state index is 13.0. The molecule has 0 saturated carbocycles. The van der Waals surface area contributed by atoms with Crippen LogP contribution in [0.1, 0.15) is 21.6 Å². The van der Waals surface area contributed by atoms with Crippen molar-refractivity contribution in [3.05, 3.63) is 59.3 Å². The predicted octanol–water partition coefficient (Wildman–Crippen LogP) is 4.07. The van der Waals surface area contributed by atoms with Crippen LogP contribution in [0.25, 0.3) is 10.9 Å². The lowest BCUT2D eigenvalue weighted by Gasteiger charge is -2.18. The number of nitrogens with zero attached hydrogens (tertiary/aromatic N) is 1. The van der Waals surface area contributed by atoms with Crippen molar-refractivity contribution in [2.24, 2.45) is 0 Å². The summed E-state index contributed by atoms with van der Waals surface area (Å²) in [5, 5.41) is 1.08. The van der Waals surface area contributed by atoms with Gasteiger partial charge in [0.05, 0.1) is 11.1 Å². The zero-order valence-corrected chi connectivity index (χ0v) is 14.6. The van der Waals surface area contributed by atoms with E-state index in [4.69, 9.17) is 11.2 Å². The Hall–Kier alpha value is -3.19. The van der Waals surface area contributed by atoms with Gasteiger partial charge in [0.1, 0.15) is 12.4 Å². The third-order valence-electron chi connectivity index (χ3n) is 4.42. The molecule has 3 rings (SSSR count). The number of rotatable bonds is 4. The van der Waals surface area contributed by atoms with Gasteiger partial charge in [0.15, 0.2) is 0 Å². The molecule has 25 heavy (non-hydrogen) atoms. The lowest BCUT2D eigenvalue weighted by atomic mass is 10.1. The largest absolute Gasteiger partial charge is 0.481 e. The van der Waals surface area contributed by atoms with Gasteiger partial charge < -0.3 is 14.6 Å². The molecule has 2 aromatic carbocycles. The number of hydrogen-bond donors (Lipinski definition) is 1. The summed E-state index contributed by atoms with van der Waals surface area (Å²) in [5.41, 5.74) is 4.57. The number of amides is 1. The number of anilines is 1. The molecular weight excluding hydrogens is 312 g/mol. The zero-order chi connectivity index (χ0) is 18.0. The van der Waals surface area contributed by atoms with E-state index in [-0.39, 0.29) is 12.5 Å². The Kier molecular flexibility index (Phi) is 4.49. The van der Waals surface area contributed by atoms with Crippen molar-refractivity contribution < 1.29 is 9.53 Å². The average Bonchev–Trinajstić information content (AvgIpc) is 2.93. The molecule has 0 bridgehead atoms. The molecule has 0 saturated heterocycles. The van der Waals surface area contributed by atoms with Gasteiger partial charge in [0.2, 0.25) is 0 Å². The molecule has 1 N–H and O–H groups in total. The lowest BCUT2D eigenvalue weighted by Crippen LogP contribution is -2.26. The first-order chi connectivity index (χ1) is 12.0. The standard InChI is InChI=1S/C21H20N2O2/c1-5-13-25-17-11-9-16(10-12-17)23(4)21(24)19-8-6-7-18-14(2)15(3)22-20(18)19/h1,6-12,22H,13H2,2-4H3. The SMILES string of the molecule is C#CCOc1ccc(N(C)C(=O)c2cccc3c(C)c(C)[nH]c23)cc1. The summed E-state index contributed by atoms with van der Waals surface area (Å²) in [6.07, 6.45) is 5.19. The molecule has 0 radical (unpaired) electrons. The van der Waals surface area contributed by atoms with E-state index in [0.29, 0.717) is 11.3 Å². The van der Waals surface area contributed by atoms with Crippen LogP contribution in [0.15, 0.2) is 42.5 Å². The second kappa shape index (κ2) is 6.74. The van der Waals surface area contributed by atoms with E-state index in [9.17, 15) is 4.79 Å². The van der Waals surface area contributed by atoms with Gasteiger partial charge in [-0.1, -0.05) is 18.1 Å². The van der Waals surface area contributed by atoms with Gasteiger partial charge in [-0.25, -0.2) is 0 Å². The molecule has 3 aromatic rings.